The highest BCUT2D eigenvalue weighted by atomic mass is 16.5. The van der Waals surface area contributed by atoms with Gasteiger partial charge in [0.15, 0.2) is 0 Å². The molecule has 1 aromatic heterocycles. The van der Waals surface area contributed by atoms with Crippen LogP contribution in [0, 0.1) is 0 Å². The SMILES string of the molecule is CCOC(=O)CCn1cncc1C(N)c1ccccc1. The number of rotatable bonds is 6. The van der Waals surface area contributed by atoms with E-state index >= 15 is 0 Å². The summed E-state index contributed by atoms with van der Waals surface area (Å²) in [5.74, 6) is -0.208. The molecule has 106 valence electrons. The summed E-state index contributed by atoms with van der Waals surface area (Å²) in [6.07, 6.45) is 3.75. The topological polar surface area (TPSA) is 70.1 Å². The van der Waals surface area contributed by atoms with Gasteiger partial charge in [0.25, 0.3) is 0 Å². The van der Waals surface area contributed by atoms with Crippen LogP contribution in [0.5, 0.6) is 0 Å². The first-order valence-electron chi connectivity index (χ1n) is 6.68. The van der Waals surface area contributed by atoms with Crippen LogP contribution in [0.15, 0.2) is 42.9 Å². The monoisotopic (exact) mass is 273 g/mol. The van der Waals surface area contributed by atoms with Crippen molar-refractivity contribution in [3.8, 4) is 0 Å². The van der Waals surface area contributed by atoms with Gasteiger partial charge in [0.2, 0.25) is 0 Å². The molecule has 5 nitrogen and oxygen atoms in total. The molecule has 0 spiro atoms. The maximum absolute atomic E-state index is 11.4. The van der Waals surface area contributed by atoms with Crippen LogP contribution in [-0.2, 0) is 16.1 Å². The van der Waals surface area contributed by atoms with Gasteiger partial charge in [-0.2, -0.15) is 0 Å². The lowest BCUT2D eigenvalue weighted by atomic mass is 10.1. The van der Waals surface area contributed by atoms with Gasteiger partial charge in [-0.05, 0) is 12.5 Å². The van der Waals surface area contributed by atoms with Crippen molar-refractivity contribution in [1.29, 1.82) is 0 Å². The van der Waals surface area contributed by atoms with Gasteiger partial charge in [0.1, 0.15) is 0 Å². The van der Waals surface area contributed by atoms with Gasteiger partial charge in [-0.25, -0.2) is 4.98 Å². The molecule has 2 aromatic rings. The number of ether oxygens (including phenoxy) is 1. The van der Waals surface area contributed by atoms with E-state index in [4.69, 9.17) is 10.5 Å². The number of nitrogens with zero attached hydrogens (tertiary/aromatic N) is 2. The number of carbonyl (C=O) groups excluding carboxylic acids is 1. The molecule has 0 aliphatic heterocycles. The second-order valence-electron chi connectivity index (χ2n) is 4.46. The van der Waals surface area contributed by atoms with E-state index < -0.39 is 0 Å². The highest BCUT2D eigenvalue weighted by Gasteiger charge is 2.14. The zero-order chi connectivity index (χ0) is 14.4. The highest BCUT2D eigenvalue weighted by Crippen LogP contribution is 2.19. The van der Waals surface area contributed by atoms with Gasteiger partial charge < -0.3 is 15.0 Å². The van der Waals surface area contributed by atoms with E-state index in [1.165, 1.54) is 0 Å². The maximum Gasteiger partial charge on any atom is 0.307 e. The number of nitrogens with two attached hydrogens (primary N) is 1. The Morgan fingerprint density at radius 2 is 2.15 bits per heavy atom. The lowest BCUT2D eigenvalue weighted by Gasteiger charge is -2.14. The quantitative estimate of drug-likeness (QED) is 0.816. The smallest absolute Gasteiger partial charge is 0.307 e. The van der Waals surface area contributed by atoms with Gasteiger partial charge in [-0.3, -0.25) is 4.79 Å². The lowest BCUT2D eigenvalue weighted by Crippen LogP contribution is -2.18. The molecule has 1 atom stereocenters. The number of hydrogen-bond acceptors (Lipinski definition) is 4. The summed E-state index contributed by atoms with van der Waals surface area (Å²) in [4.78, 5) is 15.5. The van der Waals surface area contributed by atoms with E-state index in [9.17, 15) is 4.79 Å². The fraction of sp³-hybridized carbons (Fsp3) is 0.333. The molecule has 1 aromatic carbocycles. The predicted molar refractivity (Wildman–Crippen MR) is 75.9 cm³/mol. The number of benzene rings is 1. The Balaban J connectivity index is 2.07. The Morgan fingerprint density at radius 3 is 2.85 bits per heavy atom. The number of esters is 1. The van der Waals surface area contributed by atoms with Crippen molar-refractivity contribution in [3.05, 3.63) is 54.1 Å². The van der Waals surface area contributed by atoms with Crippen LogP contribution in [0.3, 0.4) is 0 Å². The zero-order valence-corrected chi connectivity index (χ0v) is 11.5. The lowest BCUT2D eigenvalue weighted by molar-refractivity contribution is -0.143. The Bertz CT molecular complexity index is 551. The molecule has 0 radical (unpaired) electrons. The maximum atomic E-state index is 11.4. The van der Waals surface area contributed by atoms with Crippen LogP contribution in [0.4, 0.5) is 0 Å². The average Bonchev–Trinajstić information content (AvgIpc) is 2.94. The third-order valence-electron chi connectivity index (χ3n) is 3.08. The minimum atomic E-state index is -0.249. The van der Waals surface area contributed by atoms with E-state index in [2.05, 4.69) is 4.98 Å². The summed E-state index contributed by atoms with van der Waals surface area (Å²) < 4.78 is 6.82. The minimum Gasteiger partial charge on any atom is -0.466 e. The zero-order valence-electron chi connectivity index (χ0n) is 11.5. The van der Waals surface area contributed by atoms with Gasteiger partial charge in [-0.1, -0.05) is 30.3 Å². The van der Waals surface area contributed by atoms with Crippen molar-refractivity contribution in [3.63, 3.8) is 0 Å². The Hall–Kier alpha value is -2.14. The van der Waals surface area contributed by atoms with Gasteiger partial charge >= 0.3 is 5.97 Å². The second kappa shape index (κ2) is 6.86. The fourth-order valence-electron chi connectivity index (χ4n) is 2.05. The van der Waals surface area contributed by atoms with E-state index in [0.717, 1.165) is 11.3 Å². The van der Waals surface area contributed by atoms with Crippen molar-refractivity contribution < 1.29 is 9.53 Å². The molecule has 0 fully saturated rings. The predicted octanol–water partition coefficient (Wildman–Crippen LogP) is 1.88. The molecule has 0 saturated heterocycles. The second-order valence-corrected chi connectivity index (χ2v) is 4.46. The summed E-state index contributed by atoms with van der Waals surface area (Å²) >= 11 is 0. The first-order chi connectivity index (χ1) is 9.72. The van der Waals surface area contributed by atoms with Crippen molar-refractivity contribution >= 4 is 5.97 Å². The number of hydrogen-bond donors (Lipinski definition) is 1. The van der Waals surface area contributed by atoms with Crippen molar-refractivity contribution in [2.75, 3.05) is 6.61 Å². The molecule has 0 amide bonds. The van der Waals surface area contributed by atoms with Crippen LogP contribution in [0.2, 0.25) is 0 Å². The third kappa shape index (κ3) is 3.45. The van der Waals surface area contributed by atoms with E-state index in [1.807, 2.05) is 34.9 Å². The van der Waals surface area contributed by atoms with Crippen molar-refractivity contribution in [1.82, 2.24) is 9.55 Å². The molecule has 0 saturated carbocycles. The van der Waals surface area contributed by atoms with Gasteiger partial charge in [-0.15, -0.1) is 0 Å². The largest absolute Gasteiger partial charge is 0.466 e. The van der Waals surface area contributed by atoms with Crippen LogP contribution < -0.4 is 5.73 Å². The Kier molecular flexibility index (Phi) is 4.90. The first-order valence-corrected chi connectivity index (χ1v) is 6.68. The number of aromatic nitrogens is 2. The minimum absolute atomic E-state index is 0.208. The molecular formula is C15H19N3O2. The molecular weight excluding hydrogens is 254 g/mol. The van der Waals surface area contributed by atoms with Crippen LogP contribution in [0.1, 0.15) is 30.6 Å². The summed E-state index contributed by atoms with van der Waals surface area (Å²) in [7, 11) is 0. The molecule has 2 rings (SSSR count). The van der Waals surface area contributed by atoms with Gasteiger partial charge in [0, 0.05) is 6.54 Å². The van der Waals surface area contributed by atoms with Crippen LogP contribution in [-0.4, -0.2) is 22.1 Å². The van der Waals surface area contributed by atoms with Crippen molar-refractivity contribution in [2.24, 2.45) is 5.73 Å². The summed E-state index contributed by atoms with van der Waals surface area (Å²) in [5, 5.41) is 0. The Labute approximate surface area is 118 Å². The third-order valence-corrected chi connectivity index (χ3v) is 3.08. The summed E-state index contributed by atoms with van der Waals surface area (Å²) in [5.41, 5.74) is 8.16. The van der Waals surface area contributed by atoms with Crippen molar-refractivity contribution in [2.45, 2.75) is 25.9 Å². The Morgan fingerprint density at radius 1 is 1.40 bits per heavy atom. The summed E-state index contributed by atoms with van der Waals surface area (Å²) in [6.45, 7) is 2.72. The molecule has 1 heterocycles. The first kappa shape index (κ1) is 14.3. The number of carbonyl (C=O) groups is 1. The van der Waals surface area contributed by atoms with E-state index in [0.29, 0.717) is 19.6 Å². The molecule has 2 N–H and O–H groups in total. The van der Waals surface area contributed by atoms with Crippen LogP contribution >= 0.6 is 0 Å². The standard InChI is InChI=1S/C15H19N3O2/c1-2-20-14(19)8-9-18-11-17-10-13(18)15(16)12-6-4-3-5-7-12/h3-7,10-11,15H,2,8-9,16H2,1H3. The number of imidazole rings is 1. The molecule has 1 unspecified atom stereocenters. The molecule has 5 heteroatoms. The fourth-order valence-corrected chi connectivity index (χ4v) is 2.05. The normalized spacial score (nSPS) is 12.1. The number of aryl methyl sites for hydroxylation is 1. The highest BCUT2D eigenvalue weighted by molar-refractivity contribution is 5.69. The molecule has 20 heavy (non-hydrogen) atoms. The molecule has 0 aliphatic rings. The molecule has 0 aliphatic carbocycles. The molecule has 0 bridgehead atoms. The summed E-state index contributed by atoms with van der Waals surface area (Å²) in [6, 6.07) is 9.57. The van der Waals surface area contributed by atoms with E-state index in [-0.39, 0.29) is 12.0 Å². The van der Waals surface area contributed by atoms with Crippen LogP contribution in [0.25, 0.3) is 0 Å². The van der Waals surface area contributed by atoms with E-state index in [1.54, 1.807) is 19.4 Å². The average molecular weight is 273 g/mol. The van der Waals surface area contributed by atoms with Gasteiger partial charge in [0.05, 0.1) is 37.3 Å².